The van der Waals surface area contributed by atoms with Crippen molar-refractivity contribution in [2.75, 3.05) is 18.0 Å². The second-order valence-corrected chi connectivity index (χ2v) is 6.20. The van der Waals surface area contributed by atoms with Gasteiger partial charge in [-0.15, -0.1) is 0 Å². The van der Waals surface area contributed by atoms with Gasteiger partial charge < -0.3 is 10.0 Å². The summed E-state index contributed by atoms with van der Waals surface area (Å²) >= 11 is 0. The van der Waals surface area contributed by atoms with Gasteiger partial charge in [0.2, 0.25) is 0 Å². The molecular weight excluding hydrogens is 226 g/mol. The van der Waals surface area contributed by atoms with E-state index in [2.05, 4.69) is 25.7 Å². The fourth-order valence-electron chi connectivity index (χ4n) is 2.31. The number of rotatable bonds is 3. The Morgan fingerprint density at radius 1 is 1.39 bits per heavy atom. The maximum absolute atomic E-state index is 10.9. The van der Waals surface area contributed by atoms with E-state index in [0.717, 1.165) is 25.9 Å². The highest BCUT2D eigenvalue weighted by Gasteiger charge is 2.21. The highest BCUT2D eigenvalue weighted by molar-refractivity contribution is 5.88. The summed E-state index contributed by atoms with van der Waals surface area (Å²) in [5.41, 5.74) is 3.11. The first kappa shape index (κ1) is 12.9. The predicted octanol–water partition coefficient (Wildman–Crippen LogP) is 3.18. The number of hydrogen-bond donors (Lipinski definition) is 1. The smallest absolute Gasteiger partial charge is 0.335 e. The van der Waals surface area contributed by atoms with Crippen LogP contribution in [0.2, 0.25) is 0 Å². The Labute approximate surface area is 108 Å². The molecule has 18 heavy (non-hydrogen) atoms. The second-order valence-electron chi connectivity index (χ2n) is 6.20. The van der Waals surface area contributed by atoms with Crippen molar-refractivity contribution >= 4 is 11.7 Å². The van der Waals surface area contributed by atoms with Crippen molar-refractivity contribution in [1.82, 2.24) is 0 Å². The molecular formula is C15H21NO2. The largest absolute Gasteiger partial charge is 0.478 e. The highest BCUT2D eigenvalue weighted by Crippen LogP contribution is 2.30. The lowest BCUT2D eigenvalue weighted by molar-refractivity contribution is 0.0697. The molecule has 1 aliphatic heterocycles. The monoisotopic (exact) mass is 247 g/mol. The van der Waals surface area contributed by atoms with Gasteiger partial charge in [-0.2, -0.15) is 0 Å². The van der Waals surface area contributed by atoms with Gasteiger partial charge in [-0.25, -0.2) is 4.79 Å². The van der Waals surface area contributed by atoms with Crippen molar-refractivity contribution in [2.24, 2.45) is 5.41 Å². The fourth-order valence-corrected chi connectivity index (χ4v) is 2.31. The molecule has 0 saturated heterocycles. The number of benzene rings is 1. The maximum Gasteiger partial charge on any atom is 0.335 e. The number of carboxylic acid groups (broad SMARTS) is 1. The van der Waals surface area contributed by atoms with Crippen LogP contribution in [0.3, 0.4) is 0 Å². The normalized spacial score (nSPS) is 14.7. The Bertz CT molecular complexity index is 460. The minimum absolute atomic E-state index is 0.337. The van der Waals surface area contributed by atoms with Gasteiger partial charge in [-0.1, -0.05) is 20.8 Å². The molecule has 0 aromatic heterocycles. The van der Waals surface area contributed by atoms with Gasteiger partial charge in [-0.05, 0) is 42.0 Å². The van der Waals surface area contributed by atoms with Crippen molar-refractivity contribution in [2.45, 2.75) is 33.6 Å². The van der Waals surface area contributed by atoms with Gasteiger partial charge in [-0.3, -0.25) is 0 Å². The van der Waals surface area contributed by atoms with E-state index < -0.39 is 5.97 Å². The van der Waals surface area contributed by atoms with Gasteiger partial charge in [0.05, 0.1) is 5.56 Å². The lowest BCUT2D eigenvalue weighted by Crippen LogP contribution is -2.25. The van der Waals surface area contributed by atoms with E-state index in [1.54, 1.807) is 6.07 Å². The third kappa shape index (κ3) is 2.84. The van der Waals surface area contributed by atoms with E-state index in [0.29, 0.717) is 11.0 Å². The molecule has 0 saturated carbocycles. The molecule has 1 N–H and O–H groups in total. The number of aromatic carboxylic acids is 1. The van der Waals surface area contributed by atoms with Gasteiger partial charge in [0.25, 0.3) is 0 Å². The summed E-state index contributed by atoms with van der Waals surface area (Å²) in [5.74, 6) is -0.842. The van der Waals surface area contributed by atoms with Crippen LogP contribution in [0.5, 0.6) is 0 Å². The Hall–Kier alpha value is -1.51. The fraction of sp³-hybridized carbons (Fsp3) is 0.533. The molecule has 98 valence electrons. The molecule has 0 fully saturated rings. The molecule has 0 bridgehead atoms. The molecule has 2 rings (SSSR count). The van der Waals surface area contributed by atoms with E-state index in [4.69, 9.17) is 5.11 Å². The average Bonchev–Trinajstić information content (AvgIpc) is 2.67. The van der Waals surface area contributed by atoms with Crippen molar-refractivity contribution in [3.63, 3.8) is 0 Å². The summed E-state index contributed by atoms with van der Waals surface area (Å²) in [5, 5.41) is 8.98. The van der Waals surface area contributed by atoms with Crippen molar-refractivity contribution in [3.05, 3.63) is 29.3 Å². The molecule has 1 heterocycles. The minimum Gasteiger partial charge on any atom is -0.478 e. The van der Waals surface area contributed by atoms with E-state index in [9.17, 15) is 4.79 Å². The summed E-state index contributed by atoms with van der Waals surface area (Å²) in [6.45, 7) is 8.80. The van der Waals surface area contributed by atoms with Crippen LogP contribution in [0.1, 0.15) is 43.1 Å². The molecule has 0 aliphatic carbocycles. The lowest BCUT2D eigenvalue weighted by Gasteiger charge is -2.25. The summed E-state index contributed by atoms with van der Waals surface area (Å²) in [6.07, 6.45) is 2.10. The molecule has 3 heteroatoms. The first-order valence-electron chi connectivity index (χ1n) is 6.48. The average molecular weight is 247 g/mol. The second kappa shape index (κ2) is 4.63. The third-order valence-electron chi connectivity index (χ3n) is 3.45. The van der Waals surface area contributed by atoms with Gasteiger partial charge in [0.15, 0.2) is 0 Å². The summed E-state index contributed by atoms with van der Waals surface area (Å²) in [4.78, 5) is 13.3. The number of nitrogens with zero attached hydrogens (tertiary/aromatic N) is 1. The first-order valence-corrected chi connectivity index (χ1v) is 6.48. The van der Waals surface area contributed by atoms with Crippen molar-refractivity contribution in [3.8, 4) is 0 Å². The molecule has 0 radical (unpaired) electrons. The molecule has 1 aromatic carbocycles. The van der Waals surface area contributed by atoms with Crippen LogP contribution in [0.4, 0.5) is 5.69 Å². The molecule has 0 unspecified atom stereocenters. The zero-order valence-electron chi connectivity index (χ0n) is 11.4. The number of carbonyl (C=O) groups is 1. The Morgan fingerprint density at radius 3 is 2.72 bits per heavy atom. The Morgan fingerprint density at radius 2 is 2.11 bits per heavy atom. The van der Waals surface area contributed by atoms with Crippen LogP contribution >= 0.6 is 0 Å². The van der Waals surface area contributed by atoms with Gasteiger partial charge >= 0.3 is 5.97 Å². The molecule has 0 spiro atoms. The summed E-state index contributed by atoms with van der Waals surface area (Å²) in [6, 6.07) is 5.47. The number of hydrogen-bond acceptors (Lipinski definition) is 2. The zero-order chi connectivity index (χ0) is 13.3. The molecule has 0 atom stereocenters. The molecule has 1 aliphatic rings. The standard InChI is InChI=1S/C15H21NO2/c1-15(2,3)7-9-16-8-6-11-10-12(14(17)18)4-5-13(11)16/h4-5,10H,6-9H2,1-3H3,(H,17,18). The topological polar surface area (TPSA) is 40.5 Å². The quantitative estimate of drug-likeness (QED) is 0.891. The van der Waals surface area contributed by atoms with E-state index >= 15 is 0 Å². The van der Waals surface area contributed by atoms with E-state index in [-0.39, 0.29) is 0 Å². The molecule has 1 aromatic rings. The van der Waals surface area contributed by atoms with Gasteiger partial charge in [0, 0.05) is 18.8 Å². The third-order valence-corrected chi connectivity index (χ3v) is 3.45. The molecule has 3 nitrogen and oxygen atoms in total. The van der Waals surface area contributed by atoms with Crippen LogP contribution < -0.4 is 4.90 Å². The SMILES string of the molecule is CC(C)(C)CCN1CCc2cc(C(=O)O)ccc21. The Kier molecular flexibility index (Phi) is 3.33. The van der Waals surface area contributed by atoms with E-state index in [1.165, 1.54) is 11.3 Å². The number of carboxylic acids is 1. The predicted molar refractivity (Wildman–Crippen MR) is 73.4 cm³/mol. The van der Waals surface area contributed by atoms with Crippen LogP contribution in [0.15, 0.2) is 18.2 Å². The summed E-state index contributed by atoms with van der Waals surface area (Å²) < 4.78 is 0. The van der Waals surface area contributed by atoms with Crippen molar-refractivity contribution < 1.29 is 9.90 Å². The summed E-state index contributed by atoms with van der Waals surface area (Å²) in [7, 11) is 0. The lowest BCUT2D eigenvalue weighted by atomic mass is 9.92. The minimum atomic E-state index is -0.842. The van der Waals surface area contributed by atoms with Crippen LogP contribution in [-0.2, 0) is 6.42 Å². The van der Waals surface area contributed by atoms with E-state index in [1.807, 2.05) is 12.1 Å². The number of fused-ring (bicyclic) bond motifs is 1. The van der Waals surface area contributed by atoms with Crippen LogP contribution in [-0.4, -0.2) is 24.2 Å². The molecule has 0 amide bonds. The van der Waals surface area contributed by atoms with Crippen molar-refractivity contribution in [1.29, 1.82) is 0 Å². The number of anilines is 1. The van der Waals surface area contributed by atoms with Crippen LogP contribution in [0.25, 0.3) is 0 Å². The van der Waals surface area contributed by atoms with Crippen LogP contribution in [0, 0.1) is 5.41 Å². The Balaban J connectivity index is 2.12. The van der Waals surface area contributed by atoms with Gasteiger partial charge in [0.1, 0.15) is 0 Å². The maximum atomic E-state index is 10.9. The highest BCUT2D eigenvalue weighted by atomic mass is 16.4. The zero-order valence-corrected chi connectivity index (χ0v) is 11.4. The first-order chi connectivity index (χ1) is 8.37.